The van der Waals surface area contributed by atoms with Crippen LogP contribution in [0.15, 0.2) is 12.2 Å². The third-order valence-electron chi connectivity index (χ3n) is 6.81. The van der Waals surface area contributed by atoms with Gasteiger partial charge in [0.1, 0.15) is 5.60 Å². The highest BCUT2D eigenvalue weighted by molar-refractivity contribution is 5.69. The molecule has 0 radical (unpaired) electrons. The lowest BCUT2D eigenvalue weighted by Crippen LogP contribution is -2.23. The van der Waals surface area contributed by atoms with Crippen molar-refractivity contribution in [2.75, 3.05) is 0 Å². The first kappa shape index (κ1) is 34.2. The zero-order valence-corrected chi connectivity index (χ0v) is 24.6. The van der Waals surface area contributed by atoms with Gasteiger partial charge in [-0.1, -0.05) is 141 Å². The molecule has 208 valence electrons. The highest BCUT2D eigenvalue weighted by atomic mass is 16.6. The summed E-state index contributed by atoms with van der Waals surface area (Å²) in [5.41, 5.74) is -0.346. The third kappa shape index (κ3) is 31.2. The Bertz CT molecular complexity index is 460. The Morgan fingerprint density at radius 3 is 1.17 bits per heavy atom. The van der Waals surface area contributed by atoms with Gasteiger partial charge in [-0.25, -0.2) is 0 Å². The number of allylic oxidation sites excluding steroid dienone is 2. The van der Waals surface area contributed by atoms with Crippen molar-refractivity contribution >= 4 is 5.97 Å². The van der Waals surface area contributed by atoms with Gasteiger partial charge in [0.25, 0.3) is 0 Å². The summed E-state index contributed by atoms with van der Waals surface area (Å²) in [5, 5.41) is 0. The molecule has 0 rings (SSSR count). The molecule has 0 aliphatic carbocycles. The van der Waals surface area contributed by atoms with E-state index in [1.54, 1.807) is 0 Å². The predicted octanol–water partition coefficient (Wildman–Crippen LogP) is 11.7. The Morgan fingerprint density at radius 2 is 0.829 bits per heavy atom. The minimum absolute atomic E-state index is 0.0421. The molecule has 0 spiro atoms. The van der Waals surface area contributed by atoms with Crippen LogP contribution >= 0.6 is 0 Å². The smallest absolute Gasteiger partial charge is 0.306 e. The van der Waals surface area contributed by atoms with E-state index in [0.717, 1.165) is 12.8 Å². The van der Waals surface area contributed by atoms with Gasteiger partial charge in [-0.3, -0.25) is 4.79 Å². The quantitative estimate of drug-likeness (QED) is 0.0681. The van der Waals surface area contributed by atoms with Crippen LogP contribution in [0.2, 0.25) is 0 Å². The maximum absolute atomic E-state index is 11.7. The molecule has 0 saturated heterocycles. The van der Waals surface area contributed by atoms with Crippen LogP contribution in [-0.2, 0) is 9.53 Å². The van der Waals surface area contributed by atoms with E-state index in [1.807, 2.05) is 20.8 Å². The summed E-state index contributed by atoms with van der Waals surface area (Å²) in [6.45, 7) is 8.09. The van der Waals surface area contributed by atoms with Gasteiger partial charge < -0.3 is 4.74 Å². The van der Waals surface area contributed by atoms with Crippen molar-refractivity contribution in [2.45, 2.75) is 194 Å². The van der Waals surface area contributed by atoms with Crippen molar-refractivity contribution in [1.29, 1.82) is 0 Å². The number of ether oxygens (including phenoxy) is 1. The zero-order chi connectivity index (χ0) is 25.9. The van der Waals surface area contributed by atoms with Crippen LogP contribution < -0.4 is 0 Å². The summed E-state index contributed by atoms with van der Waals surface area (Å²) < 4.78 is 5.35. The van der Waals surface area contributed by atoms with Crippen molar-refractivity contribution in [2.24, 2.45) is 0 Å². The molecule has 0 bridgehead atoms. The summed E-state index contributed by atoms with van der Waals surface area (Å²) in [6.07, 6.45) is 38.2. The maximum Gasteiger partial charge on any atom is 0.306 e. The van der Waals surface area contributed by atoms with Gasteiger partial charge in [-0.2, -0.15) is 0 Å². The average molecular weight is 493 g/mol. The molecule has 0 fully saturated rings. The summed E-state index contributed by atoms with van der Waals surface area (Å²) in [5.74, 6) is -0.0421. The molecular weight excluding hydrogens is 428 g/mol. The molecule has 0 aromatic rings. The lowest BCUT2D eigenvalue weighted by molar-refractivity contribution is -0.154. The molecule has 0 N–H and O–H groups in total. The topological polar surface area (TPSA) is 26.3 Å². The van der Waals surface area contributed by atoms with E-state index in [4.69, 9.17) is 4.74 Å². The lowest BCUT2D eigenvalue weighted by Gasteiger charge is -2.19. The van der Waals surface area contributed by atoms with E-state index in [1.165, 1.54) is 141 Å². The first-order chi connectivity index (χ1) is 17.0. The second kappa shape index (κ2) is 26.3. The molecule has 0 amide bonds. The van der Waals surface area contributed by atoms with Gasteiger partial charge in [0, 0.05) is 6.42 Å². The SMILES string of the molecule is CCCCCCC/C=C/CCCCCCCCCCCCCCCCCCCC(=O)OC(C)(C)C. The van der Waals surface area contributed by atoms with Crippen molar-refractivity contribution in [3.05, 3.63) is 12.2 Å². The second-order valence-electron chi connectivity index (χ2n) is 11.8. The number of rotatable bonds is 26. The Morgan fingerprint density at radius 1 is 0.514 bits per heavy atom. The van der Waals surface area contributed by atoms with Gasteiger partial charge in [0.2, 0.25) is 0 Å². The first-order valence-electron chi connectivity index (χ1n) is 15.8. The average Bonchev–Trinajstić information content (AvgIpc) is 2.80. The molecular formula is C33H64O2. The van der Waals surface area contributed by atoms with Crippen molar-refractivity contribution in [3.8, 4) is 0 Å². The molecule has 35 heavy (non-hydrogen) atoms. The highest BCUT2D eigenvalue weighted by Gasteiger charge is 2.15. The van der Waals surface area contributed by atoms with E-state index in [-0.39, 0.29) is 11.6 Å². The maximum atomic E-state index is 11.7. The van der Waals surface area contributed by atoms with Crippen LogP contribution in [0.3, 0.4) is 0 Å². The van der Waals surface area contributed by atoms with Crippen molar-refractivity contribution < 1.29 is 9.53 Å². The van der Waals surface area contributed by atoms with E-state index in [9.17, 15) is 4.79 Å². The number of unbranched alkanes of at least 4 members (excludes halogenated alkanes) is 22. The van der Waals surface area contributed by atoms with E-state index in [0.29, 0.717) is 6.42 Å². The fourth-order valence-corrected chi connectivity index (χ4v) is 4.68. The fraction of sp³-hybridized carbons (Fsp3) is 0.909. The minimum Gasteiger partial charge on any atom is -0.460 e. The van der Waals surface area contributed by atoms with Crippen LogP contribution in [0, 0.1) is 0 Å². The molecule has 0 aromatic heterocycles. The molecule has 0 heterocycles. The Kier molecular flexibility index (Phi) is 25.7. The molecule has 2 heteroatoms. The van der Waals surface area contributed by atoms with Crippen molar-refractivity contribution in [1.82, 2.24) is 0 Å². The van der Waals surface area contributed by atoms with Crippen LogP contribution in [-0.4, -0.2) is 11.6 Å². The second-order valence-corrected chi connectivity index (χ2v) is 11.8. The summed E-state index contributed by atoms with van der Waals surface area (Å²) in [7, 11) is 0. The monoisotopic (exact) mass is 492 g/mol. The van der Waals surface area contributed by atoms with E-state index >= 15 is 0 Å². The number of carbonyl (C=O) groups is 1. The zero-order valence-electron chi connectivity index (χ0n) is 24.6. The summed E-state index contributed by atoms with van der Waals surface area (Å²) >= 11 is 0. The van der Waals surface area contributed by atoms with Gasteiger partial charge >= 0.3 is 5.97 Å². The standard InChI is InChI=1S/C33H64O2/c1-5-6-7-8-9-10-11-12-13-14-15-16-17-18-19-20-21-22-23-24-25-26-27-28-29-30-31-32(34)35-33(2,3)4/h11-12H,5-10,13-31H2,1-4H3/b12-11+. The van der Waals surface area contributed by atoms with Gasteiger partial charge in [-0.15, -0.1) is 0 Å². The normalized spacial score (nSPS) is 12.0. The molecule has 0 aliphatic rings. The molecule has 2 nitrogen and oxygen atoms in total. The largest absolute Gasteiger partial charge is 0.460 e. The predicted molar refractivity (Wildman–Crippen MR) is 156 cm³/mol. The molecule has 0 aliphatic heterocycles. The van der Waals surface area contributed by atoms with Crippen LogP contribution in [0.5, 0.6) is 0 Å². The number of esters is 1. The number of hydrogen-bond acceptors (Lipinski definition) is 2. The Labute approximate surface area is 221 Å². The molecule has 0 unspecified atom stereocenters. The Balaban J connectivity index is 3.14. The summed E-state index contributed by atoms with van der Waals surface area (Å²) in [4.78, 5) is 11.7. The van der Waals surface area contributed by atoms with E-state index in [2.05, 4.69) is 19.1 Å². The van der Waals surface area contributed by atoms with Gasteiger partial charge in [-0.05, 0) is 52.9 Å². The van der Waals surface area contributed by atoms with Crippen LogP contribution in [0.1, 0.15) is 188 Å². The number of hydrogen-bond donors (Lipinski definition) is 0. The summed E-state index contributed by atoms with van der Waals surface area (Å²) in [6, 6.07) is 0. The molecule has 0 atom stereocenters. The number of carbonyl (C=O) groups excluding carboxylic acids is 1. The first-order valence-corrected chi connectivity index (χ1v) is 15.8. The van der Waals surface area contributed by atoms with E-state index < -0.39 is 0 Å². The molecule has 0 saturated carbocycles. The van der Waals surface area contributed by atoms with Gasteiger partial charge in [0.15, 0.2) is 0 Å². The van der Waals surface area contributed by atoms with Crippen molar-refractivity contribution in [3.63, 3.8) is 0 Å². The van der Waals surface area contributed by atoms with Gasteiger partial charge in [0.05, 0.1) is 0 Å². The van der Waals surface area contributed by atoms with Crippen LogP contribution in [0.25, 0.3) is 0 Å². The molecule has 0 aromatic carbocycles. The minimum atomic E-state index is -0.346. The fourth-order valence-electron chi connectivity index (χ4n) is 4.68. The highest BCUT2D eigenvalue weighted by Crippen LogP contribution is 2.15. The third-order valence-corrected chi connectivity index (χ3v) is 6.81. The Hall–Kier alpha value is -0.790. The van der Waals surface area contributed by atoms with Crippen LogP contribution in [0.4, 0.5) is 0 Å². The lowest BCUT2D eigenvalue weighted by atomic mass is 10.0.